The summed E-state index contributed by atoms with van der Waals surface area (Å²) in [6.45, 7) is 3.04. The third-order valence-corrected chi connectivity index (χ3v) is 3.06. The molecule has 1 amide bonds. The van der Waals surface area contributed by atoms with Gasteiger partial charge in [-0.3, -0.25) is 9.59 Å². The van der Waals surface area contributed by atoms with Crippen molar-refractivity contribution in [1.82, 2.24) is 5.32 Å². The summed E-state index contributed by atoms with van der Waals surface area (Å²) in [5.74, 6) is -4.21. The highest BCUT2D eigenvalue weighted by Gasteiger charge is 2.62. The summed E-state index contributed by atoms with van der Waals surface area (Å²) >= 11 is 0. The zero-order valence-corrected chi connectivity index (χ0v) is 8.76. The lowest BCUT2D eigenvalue weighted by Crippen LogP contribution is -2.38. The smallest absolute Gasteiger partial charge is 0.471 e. The lowest BCUT2D eigenvalue weighted by atomic mass is 10.1. The van der Waals surface area contributed by atoms with Gasteiger partial charge < -0.3 is 10.4 Å². The lowest BCUT2D eigenvalue weighted by Gasteiger charge is -2.08. The molecule has 1 fully saturated rings. The second-order valence-corrected chi connectivity index (χ2v) is 4.45. The first-order chi connectivity index (χ1) is 7.08. The number of carbonyl (C=O) groups is 2. The number of carboxylic acid groups (broad SMARTS) is 1. The van der Waals surface area contributed by atoms with Crippen LogP contribution in [0.25, 0.3) is 0 Å². The van der Waals surface area contributed by atoms with Crippen molar-refractivity contribution in [3.05, 3.63) is 0 Å². The Balaban J connectivity index is 2.48. The van der Waals surface area contributed by atoms with E-state index in [1.165, 1.54) is 0 Å². The molecule has 1 saturated carbocycles. The van der Waals surface area contributed by atoms with Crippen molar-refractivity contribution in [3.63, 3.8) is 0 Å². The molecular formula is C9H12F3NO3. The number of aliphatic carboxylic acids is 1. The number of alkyl halides is 3. The third-order valence-electron chi connectivity index (χ3n) is 3.06. The molecule has 0 unspecified atom stereocenters. The number of hydrogen-bond donors (Lipinski definition) is 2. The summed E-state index contributed by atoms with van der Waals surface area (Å²) in [4.78, 5) is 21.2. The van der Waals surface area contributed by atoms with Gasteiger partial charge in [-0.05, 0) is 11.3 Å². The highest BCUT2D eigenvalue weighted by molar-refractivity contribution is 5.82. The molecule has 2 N–H and O–H groups in total. The number of nitrogens with one attached hydrogen (secondary N) is 1. The van der Waals surface area contributed by atoms with Crippen LogP contribution >= 0.6 is 0 Å². The van der Waals surface area contributed by atoms with E-state index in [0.717, 1.165) is 0 Å². The van der Waals surface area contributed by atoms with E-state index in [1.807, 2.05) is 0 Å². The molecule has 92 valence electrons. The molecule has 0 aromatic rings. The van der Waals surface area contributed by atoms with Gasteiger partial charge in [0.15, 0.2) is 0 Å². The van der Waals surface area contributed by atoms with Crippen LogP contribution in [-0.2, 0) is 9.59 Å². The van der Waals surface area contributed by atoms with Crippen LogP contribution in [0.3, 0.4) is 0 Å². The van der Waals surface area contributed by atoms with Crippen LogP contribution < -0.4 is 5.32 Å². The standard InChI is InChI=1S/C9H12F3NO3/c1-8(2)4(5(8)6(14)15)3-13-7(16)9(10,11)12/h4-5H,3H2,1-2H3,(H,13,16)(H,14,15)/t4-,5-/m0/s1. The van der Waals surface area contributed by atoms with E-state index in [-0.39, 0.29) is 6.54 Å². The Morgan fingerprint density at radius 2 is 1.88 bits per heavy atom. The van der Waals surface area contributed by atoms with E-state index in [2.05, 4.69) is 0 Å². The number of amides is 1. The minimum atomic E-state index is -4.92. The molecule has 1 rings (SSSR count). The molecule has 0 aromatic carbocycles. The number of carboxylic acids is 1. The van der Waals surface area contributed by atoms with Crippen LogP contribution in [0.1, 0.15) is 13.8 Å². The maximum atomic E-state index is 11.8. The van der Waals surface area contributed by atoms with Crippen molar-refractivity contribution in [3.8, 4) is 0 Å². The molecule has 1 aliphatic rings. The summed E-state index contributed by atoms with van der Waals surface area (Å²) in [5, 5.41) is 10.4. The summed E-state index contributed by atoms with van der Waals surface area (Å²) in [5.41, 5.74) is -0.565. The highest BCUT2D eigenvalue weighted by atomic mass is 19.4. The molecular weight excluding hydrogens is 227 g/mol. The van der Waals surface area contributed by atoms with Crippen molar-refractivity contribution < 1.29 is 27.9 Å². The Morgan fingerprint density at radius 3 is 2.19 bits per heavy atom. The van der Waals surface area contributed by atoms with Crippen molar-refractivity contribution in [2.45, 2.75) is 20.0 Å². The zero-order valence-electron chi connectivity index (χ0n) is 8.76. The predicted octanol–water partition coefficient (Wildman–Crippen LogP) is 1.02. The fraction of sp³-hybridized carbons (Fsp3) is 0.778. The van der Waals surface area contributed by atoms with E-state index in [4.69, 9.17) is 5.11 Å². The number of hydrogen-bond acceptors (Lipinski definition) is 2. The molecule has 4 nitrogen and oxygen atoms in total. The number of carbonyl (C=O) groups excluding carboxylic acids is 1. The summed E-state index contributed by atoms with van der Waals surface area (Å²) < 4.78 is 35.5. The van der Waals surface area contributed by atoms with E-state index in [9.17, 15) is 22.8 Å². The predicted molar refractivity (Wildman–Crippen MR) is 47.5 cm³/mol. The summed E-state index contributed by atoms with van der Waals surface area (Å²) in [7, 11) is 0. The van der Waals surface area contributed by atoms with Crippen molar-refractivity contribution >= 4 is 11.9 Å². The topological polar surface area (TPSA) is 66.4 Å². The first kappa shape index (κ1) is 12.8. The van der Waals surface area contributed by atoms with E-state index < -0.39 is 35.3 Å². The molecule has 0 heterocycles. The van der Waals surface area contributed by atoms with Gasteiger partial charge in [0, 0.05) is 6.54 Å². The largest absolute Gasteiger partial charge is 0.481 e. The number of rotatable bonds is 3. The molecule has 0 aliphatic heterocycles. The van der Waals surface area contributed by atoms with Crippen LogP contribution in [0.15, 0.2) is 0 Å². The fourth-order valence-electron chi connectivity index (χ4n) is 1.92. The third kappa shape index (κ3) is 2.28. The first-order valence-corrected chi connectivity index (χ1v) is 4.66. The van der Waals surface area contributed by atoms with Crippen molar-refractivity contribution in [2.24, 2.45) is 17.3 Å². The zero-order chi connectivity index (χ0) is 12.7. The van der Waals surface area contributed by atoms with E-state index in [0.29, 0.717) is 0 Å². The molecule has 2 atom stereocenters. The first-order valence-electron chi connectivity index (χ1n) is 4.66. The van der Waals surface area contributed by atoms with Crippen molar-refractivity contribution in [2.75, 3.05) is 6.54 Å². The second-order valence-electron chi connectivity index (χ2n) is 4.45. The van der Waals surface area contributed by atoms with Crippen molar-refractivity contribution in [1.29, 1.82) is 0 Å². The Hall–Kier alpha value is -1.27. The summed E-state index contributed by atoms with van der Waals surface area (Å²) in [6.07, 6.45) is -4.92. The molecule has 0 saturated heterocycles. The number of halogens is 3. The molecule has 0 aromatic heterocycles. The normalized spacial score (nSPS) is 27.3. The molecule has 0 bridgehead atoms. The van der Waals surface area contributed by atoms with Crippen LogP contribution in [0.2, 0.25) is 0 Å². The SMILES string of the molecule is CC1(C)[C@H](C(=O)O)[C@@H]1CNC(=O)C(F)(F)F. The van der Waals surface area contributed by atoms with Gasteiger partial charge in [0.05, 0.1) is 5.92 Å². The quantitative estimate of drug-likeness (QED) is 0.772. The molecule has 7 heteroatoms. The fourth-order valence-corrected chi connectivity index (χ4v) is 1.92. The Labute approximate surface area is 89.8 Å². The van der Waals surface area contributed by atoms with Gasteiger partial charge in [-0.1, -0.05) is 13.8 Å². The van der Waals surface area contributed by atoms with E-state index >= 15 is 0 Å². The van der Waals surface area contributed by atoms with Gasteiger partial charge in [0.2, 0.25) is 0 Å². The molecule has 1 aliphatic carbocycles. The minimum absolute atomic E-state index is 0.262. The summed E-state index contributed by atoms with van der Waals surface area (Å²) in [6, 6.07) is 0. The molecule has 0 radical (unpaired) electrons. The maximum absolute atomic E-state index is 11.8. The van der Waals surface area contributed by atoms with E-state index in [1.54, 1.807) is 19.2 Å². The van der Waals surface area contributed by atoms with Crippen LogP contribution in [0.5, 0.6) is 0 Å². The average molecular weight is 239 g/mol. The average Bonchev–Trinajstić information content (AvgIpc) is 2.62. The van der Waals surface area contributed by atoms with Gasteiger partial charge in [-0.15, -0.1) is 0 Å². The van der Waals surface area contributed by atoms with Gasteiger partial charge in [0.1, 0.15) is 0 Å². The lowest BCUT2D eigenvalue weighted by molar-refractivity contribution is -0.173. The van der Waals surface area contributed by atoms with Gasteiger partial charge in [0.25, 0.3) is 0 Å². The second kappa shape index (κ2) is 3.64. The molecule has 16 heavy (non-hydrogen) atoms. The minimum Gasteiger partial charge on any atom is -0.481 e. The van der Waals surface area contributed by atoms with Crippen LogP contribution in [0, 0.1) is 17.3 Å². The van der Waals surface area contributed by atoms with Gasteiger partial charge in [-0.2, -0.15) is 13.2 Å². The van der Waals surface area contributed by atoms with Gasteiger partial charge in [-0.25, -0.2) is 0 Å². The van der Waals surface area contributed by atoms with Crippen LogP contribution in [0.4, 0.5) is 13.2 Å². The van der Waals surface area contributed by atoms with Gasteiger partial charge >= 0.3 is 18.1 Å². The monoisotopic (exact) mass is 239 g/mol. The Kier molecular flexibility index (Phi) is 2.91. The van der Waals surface area contributed by atoms with Crippen LogP contribution in [-0.4, -0.2) is 29.7 Å². The molecule has 0 spiro atoms. The Morgan fingerprint density at radius 1 is 1.38 bits per heavy atom. The maximum Gasteiger partial charge on any atom is 0.471 e. The highest BCUT2D eigenvalue weighted by Crippen LogP contribution is 2.57. The Bertz CT molecular complexity index is 324.